The van der Waals surface area contributed by atoms with Crippen molar-refractivity contribution in [3.05, 3.63) is 29.3 Å². The Morgan fingerprint density at radius 1 is 1.43 bits per heavy atom. The summed E-state index contributed by atoms with van der Waals surface area (Å²) in [6.07, 6.45) is 4.66. The number of hydrogen-bond acceptors (Lipinski definition) is 4. The lowest BCUT2D eigenvalue weighted by Gasteiger charge is -2.10. The molecular weight excluding hydrogens is 284 g/mol. The van der Waals surface area contributed by atoms with E-state index in [-0.39, 0.29) is 12.0 Å². The average Bonchev–Trinajstić information content (AvgIpc) is 3.14. The zero-order chi connectivity index (χ0) is 14.5. The summed E-state index contributed by atoms with van der Waals surface area (Å²) in [5.41, 5.74) is 1.06. The van der Waals surface area contributed by atoms with Crippen LogP contribution in [0.1, 0.15) is 30.7 Å². The lowest BCUT2D eigenvalue weighted by atomic mass is 10.2. The van der Waals surface area contributed by atoms with E-state index in [1.165, 1.54) is 4.70 Å². The summed E-state index contributed by atoms with van der Waals surface area (Å²) in [5.74, 6) is 0.117. The van der Waals surface area contributed by atoms with E-state index in [1.54, 1.807) is 11.3 Å². The number of hydrogen-bond donors (Lipinski definition) is 1. The van der Waals surface area contributed by atoms with Crippen LogP contribution in [0.25, 0.3) is 10.2 Å². The summed E-state index contributed by atoms with van der Waals surface area (Å²) in [7, 11) is 0. The molecule has 0 radical (unpaired) electrons. The van der Waals surface area contributed by atoms with E-state index in [1.807, 2.05) is 18.2 Å². The molecule has 1 amide bonds. The molecule has 1 aliphatic rings. The monoisotopic (exact) mass is 304 g/mol. The predicted molar refractivity (Wildman–Crippen MR) is 84.5 cm³/mol. The van der Waals surface area contributed by atoms with Gasteiger partial charge in [-0.15, -0.1) is 11.3 Å². The topological polar surface area (TPSA) is 51.2 Å². The molecule has 3 rings (SSSR count). The van der Waals surface area contributed by atoms with Gasteiger partial charge in [0, 0.05) is 19.6 Å². The maximum absolute atomic E-state index is 11.8. The van der Waals surface area contributed by atoms with E-state index in [4.69, 9.17) is 4.74 Å². The van der Waals surface area contributed by atoms with Gasteiger partial charge in [0.2, 0.25) is 5.91 Å². The van der Waals surface area contributed by atoms with Gasteiger partial charge in [-0.1, -0.05) is 12.1 Å². The molecule has 2 heterocycles. The van der Waals surface area contributed by atoms with Crippen molar-refractivity contribution < 1.29 is 9.53 Å². The van der Waals surface area contributed by atoms with Crippen molar-refractivity contribution >= 4 is 27.5 Å². The SMILES string of the molecule is O=C(CCCc1nc2ccccc2s1)NC[C@@H]1CCCO1. The second kappa shape index (κ2) is 7.00. The van der Waals surface area contributed by atoms with Gasteiger partial charge >= 0.3 is 0 Å². The number of amides is 1. The maximum Gasteiger partial charge on any atom is 0.220 e. The highest BCUT2D eigenvalue weighted by Gasteiger charge is 2.15. The summed E-state index contributed by atoms with van der Waals surface area (Å²) in [6, 6.07) is 8.15. The molecule has 0 unspecified atom stereocenters. The molecular formula is C16H20N2O2S. The molecule has 2 aromatic rings. The summed E-state index contributed by atoms with van der Waals surface area (Å²) in [5, 5.41) is 4.07. The van der Waals surface area contributed by atoms with Gasteiger partial charge in [0.1, 0.15) is 0 Å². The average molecular weight is 304 g/mol. The lowest BCUT2D eigenvalue weighted by Crippen LogP contribution is -2.31. The second-order valence-electron chi connectivity index (χ2n) is 5.37. The fourth-order valence-corrected chi connectivity index (χ4v) is 3.56. The molecule has 1 fully saturated rings. The minimum atomic E-state index is 0.117. The van der Waals surface area contributed by atoms with E-state index in [0.717, 1.165) is 42.8 Å². The van der Waals surface area contributed by atoms with Crippen LogP contribution in [0.4, 0.5) is 0 Å². The van der Waals surface area contributed by atoms with Gasteiger partial charge < -0.3 is 10.1 Å². The standard InChI is InChI=1S/C16H20N2O2S/c19-15(17-11-12-5-4-10-20-12)8-3-9-16-18-13-6-1-2-7-14(13)21-16/h1-2,6-7,12H,3-5,8-11H2,(H,17,19)/t12-/m0/s1. The largest absolute Gasteiger partial charge is 0.376 e. The smallest absolute Gasteiger partial charge is 0.220 e. The van der Waals surface area contributed by atoms with Gasteiger partial charge in [0.05, 0.1) is 21.3 Å². The molecule has 4 nitrogen and oxygen atoms in total. The van der Waals surface area contributed by atoms with E-state index >= 15 is 0 Å². The molecule has 21 heavy (non-hydrogen) atoms. The van der Waals surface area contributed by atoms with Gasteiger partial charge in [-0.25, -0.2) is 4.98 Å². The summed E-state index contributed by atoms with van der Waals surface area (Å²) < 4.78 is 6.71. The van der Waals surface area contributed by atoms with Crippen LogP contribution in [0.5, 0.6) is 0 Å². The number of aryl methyl sites for hydroxylation is 1. The Morgan fingerprint density at radius 2 is 2.33 bits per heavy atom. The third-order valence-corrected chi connectivity index (χ3v) is 4.78. The van der Waals surface area contributed by atoms with E-state index in [2.05, 4.69) is 16.4 Å². The number of rotatable bonds is 6. The molecule has 0 bridgehead atoms. The van der Waals surface area contributed by atoms with Crippen molar-refractivity contribution in [3.63, 3.8) is 0 Å². The van der Waals surface area contributed by atoms with Crippen LogP contribution >= 0.6 is 11.3 Å². The molecule has 1 aromatic heterocycles. The van der Waals surface area contributed by atoms with Crippen LogP contribution < -0.4 is 5.32 Å². The lowest BCUT2D eigenvalue weighted by molar-refractivity contribution is -0.121. The highest BCUT2D eigenvalue weighted by molar-refractivity contribution is 7.18. The van der Waals surface area contributed by atoms with Crippen LogP contribution in [-0.2, 0) is 16.0 Å². The van der Waals surface area contributed by atoms with E-state index in [9.17, 15) is 4.79 Å². The third kappa shape index (κ3) is 4.02. The van der Waals surface area contributed by atoms with Gasteiger partial charge in [-0.05, 0) is 37.8 Å². The quantitative estimate of drug-likeness (QED) is 0.892. The predicted octanol–water partition coefficient (Wildman–Crippen LogP) is 2.91. The van der Waals surface area contributed by atoms with Crippen LogP contribution in [0.2, 0.25) is 0 Å². The summed E-state index contributed by atoms with van der Waals surface area (Å²) in [6.45, 7) is 1.48. The third-order valence-electron chi connectivity index (χ3n) is 3.68. The number of carbonyl (C=O) groups is 1. The Hall–Kier alpha value is -1.46. The fourth-order valence-electron chi connectivity index (χ4n) is 2.55. The number of benzene rings is 1. The maximum atomic E-state index is 11.8. The first-order valence-corrected chi connectivity index (χ1v) is 8.35. The van der Waals surface area contributed by atoms with Crippen LogP contribution in [0, 0.1) is 0 Å². The van der Waals surface area contributed by atoms with E-state index in [0.29, 0.717) is 13.0 Å². The normalized spacial score (nSPS) is 18.2. The van der Waals surface area contributed by atoms with Gasteiger partial charge in [0.25, 0.3) is 0 Å². The van der Waals surface area contributed by atoms with Gasteiger partial charge in [-0.2, -0.15) is 0 Å². The Labute approximate surface area is 128 Å². The molecule has 112 valence electrons. The zero-order valence-electron chi connectivity index (χ0n) is 12.0. The van der Waals surface area contributed by atoms with Gasteiger partial charge in [0.15, 0.2) is 0 Å². The number of nitrogens with zero attached hydrogens (tertiary/aromatic N) is 1. The Bertz CT molecular complexity index is 572. The molecule has 0 saturated carbocycles. The molecule has 1 aliphatic heterocycles. The first-order chi connectivity index (χ1) is 10.3. The van der Waals surface area contributed by atoms with Crippen LogP contribution in [-0.4, -0.2) is 30.1 Å². The molecule has 5 heteroatoms. The van der Waals surface area contributed by atoms with Crippen molar-refractivity contribution in [2.24, 2.45) is 0 Å². The number of carbonyl (C=O) groups excluding carboxylic acids is 1. The number of para-hydroxylation sites is 1. The Balaban J connectivity index is 1.39. The molecule has 0 aliphatic carbocycles. The van der Waals surface area contributed by atoms with Crippen LogP contribution in [0.3, 0.4) is 0 Å². The van der Waals surface area contributed by atoms with Crippen molar-refractivity contribution in [1.82, 2.24) is 10.3 Å². The minimum Gasteiger partial charge on any atom is -0.376 e. The molecule has 1 atom stereocenters. The Morgan fingerprint density at radius 3 is 3.14 bits per heavy atom. The second-order valence-corrected chi connectivity index (χ2v) is 6.48. The summed E-state index contributed by atoms with van der Waals surface area (Å²) in [4.78, 5) is 16.4. The first-order valence-electron chi connectivity index (χ1n) is 7.54. The first kappa shape index (κ1) is 14.5. The summed E-state index contributed by atoms with van der Waals surface area (Å²) >= 11 is 1.72. The van der Waals surface area contributed by atoms with Crippen LogP contribution in [0.15, 0.2) is 24.3 Å². The van der Waals surface area contributed by atoms with Crippen molar-refractivity contribution in [1.29, 1.82) is 0 Å². The number of ether oxygens (including phenoxy) is 1. The number of thiazole rings is 1. The molecule has 1 saturated heterocycles. The Kier molecular flexibility index (Phi) is 4.83. The van der Waals surface area contributed by atoms with Crippen molar-refractivity contribution in [3.8, 4) is 0 Å². The minimum absolute atomic E-state index is 0.117. The molecule has 1 aromatic carbocycles. The highest BCUT2D eigenvalue weighted by Crippen LogP contribution is 2.22. The van der Waals surface area contributed by atoms with Crippen molar-refractivity contribution in [2.45, 2.75) is 38.2 Å². The molecule has 1 N–H and O–H groups in total. The van der Waals surface area contributed by atoms with Gasteiger partial charge in [-0.3, -0.25) is 4.79 Å². The van der Waals surface area contributed by atoms with Crippen molar-refractivity contribution in [2.75, 3.05) is 13.2 Å². The highest BCUT2D eigenvalue weighted by atomic mass is 32.1. The van der Waals surface area contributed by atoms with E-state index < -0.39 is 0 Å². The number of nitrogens with one attached hydrogen (secondary N) is 1. The number of aromatic nitrogens is 1. The fraction of sp³-hybridized carbons (Fsp3) is 0.500. The zero-order valence-corrected chi connectivity index (χ0v) is 12.8. The number of fused-ring (bicyclic) bond motifs is 1. The molecule has 0 spiro atoms.